The van der Waals surface area contributed by atoms with Crippen LogP contribution in [0.3, 0.4) is 0 Å². The van der Waals surface area contributed by atoms with E-state index < -0.39 is 21.9 Å². The van der Waals surface area contributed by atoms with Gasteiger partial charge in [-0.3, -0.25) is 14.3 Å². The topological polar surface area (TPSA) is 119 Å². The molecule has 0 atom stereocenters. The first kappa shape index (κ1) is 23.7. The van der Waals surface area contributed by atoms with E-state index in [9.17, 15) is 22.8 Å². The number of hydrogen-bond donors (Lipinski definition) is 2. The molecule has 2 N–H and O–H groups in total. The van der Waals surface area contributed by atoms with Gasteiger partial charge in [-0.05, 0) is 73.9 Å². The van der Waals surface area contributed by atoms with Gasteiger partial charge in [0.15, 0.2) is 5.78 Å². The molecule has 1 heterocycles. The first-order chi connectivity index (χ1) is 16.3. The molecule has 0 radical (unpaired) electrons. The zero-order valence-electron chi connectivity index (χ0n) is 18.3. The van der Waals surface area contributed by atoms with E-state index in [0.717, 1.165) is 23.3 Å². The molecule has 4 rings (SSSR count). The lowest BCUT2D eigenvalue weighted by molar-refractivity contribution is 0.0531. The lowest BCUT2D eigenvalue weighted by Gasteiger charge is -2.16. The van der Waals surface area contributed by atoms with Crippen LogP contribution >= 0.6 is 11.3 Å². The summed E-state index contributed by atoms with van der Waals surface area (Å²) in [7, 11) is -3.97. The number of hydrogen-bond acceptors (Lipinski definition) is 7. The van der Waals surface area contributed by atoms with E-state index in [1.807, 2.05) is 0 Å². The van der Waals surface area contributed by atoms with Gasteiger partial charge in [0, 0.05) is 23.2 Å². The van der Waals surface area contributed by atoms with Crippen LogP contribution in [0, 0.1) is 0 Å². The number of amides is 1. The van der Waals surface area contributed by atoms with Crippen molar-refractivity contribution in [1.29, 1.82) is 0 Å². The van der Waals surface area contributed by atoms with Gasteiger partial charge in [-0.15, -0.1) is 11.3 Å². The molecule has 1 aliphatic carbocycles. The Hall–Kier alpha value is -3.50. The van der Waals surface area contributed by atoms with Crippen LogP contribution in [-0.4, -0.2) is 32.7 Å². The Morgan fingerprint density at radius 1 is 1.06 bits per heavy atom. The van der Waals surface area contributed by atoms with Crippen molar-refractivity contribution >= 4 is 49.7 Å². The van der Waals surface area contributed by atoms with Crippen LogP contribution in [0.4, 0.5) is 10.7 Å². The molecule has 0 saturated carbocycles. The van der Waals surface area contributed by atoms with Gasteiger partial charge in [-0.2, -0.15) is 0 Å². The number of anilines is 2. The summed E-state index contributed by atoms with van der Waals surface area (Å²) in [5, 5.41) is 3.10. The lowest BCUT2D eigenvalue weighted by atomic mass is 9.90. The maximum Gasteiger partial charge on any atom is 0.348 e. The summed E-state index contributed by atoms with van der Waals surface area (Å²) >= 11 is 1.07. The van der Waals surface area contributed by atoms with Crippen LogP contribution in [0.5, 0.6) is 0 Å². The summed E-state index contributed by atoms with van der Waals surface area (Å²) in [6, 6.07) is 13.7. The highest BCUT2D eigenvalue weighted by atomic mass is 32.2. The zero-order valence-corrected chi connectivity index (χ0v) is 19.9. The summed E-state index contributed by atoms with van der Waals surface area (Å²) in [5.74, 6) is -0.921. The third-order valence-corrected chi connectivity index (χ3v) is 7.59. The molecule has 0 unspecified atom stereocenters. The van der Waals surface area contributed by atoms with Crippen LogP contribution in [0.2, 0.25) is 0 Å². The summed E-state index contributed by atoms with van der Waals surface area (Å²) in [4.78, 5) is 36.8. The number of nitrogens with one attached hydrogen (secondary N) is 2. The summed E-state index contributed by atoms with van der Waals surface area (Å²) in [6.45, 7) is 1.95. The molecule has 34 heavy (non-hydrogen) atoms. The molecule has 0 aliphatic heterocycles. The quantitative estimate of drug-likeness (QED) is 0.463. The molecule has 10 heteroatoms. The van der Waals surface area contributed by atoms with Gasteiger partial charge in [-0.25, -0.2) is 13.2 Å². The van der Waals surface area contributed by atoms with Crippen molar-refractivity contribution < 1.29 is 27.5 Å². The van der Waals surface area contributed by atoms with Crippen LogP contribution in [-0.2, 0) is 21.2 Å². The molecule has 1 aliphatic rings. The van der Waals surface area contributed by atoms with Crippen molar-refractivity contribution in [2.75, 3.05) is 16.6 Å². The average Bonchev–Trinajstić information content (AvgIpc) is 3.28. The van der Waals surface area contributed by atoms with Gasteiger partial charge in [0.2, 0.25) is 0 Å². The number of aryl methyl sites for hydroxylation is 1. The fraction of sp³-hybridized carbons (Fsp3) is 0.208. The Kier molecular flexibility index (Phi) is 6.80. The highest BCUT2D eigenvalue weighted by Gasteiger charge is 2.21. The van der Waals surface area contributed by atoms with E-state index in [0.29, 0.717) is 34.0 Å². The van der Waals surface area contributed by atoms with Gasteiger partial charge in [-0.1, -0.05) is 6.07 Å². The van der Waals surface area contributed by atoms with Crippen molar-refractivity contribution in [3.63, 3.8) is 0 Å². The predicted octanol–water partition coefficient (Wildman–Crippen LogP) is 4.50. The number of esters is 1. The number of sulfonamides is 1. The van der Waals surface area contributed by atoms with Gasteiger partial charge in [0.25, 0.3) is 15.9 Å². The summed E-state index contributed by atoms with van der Waals surface area (Å²) < 4.78 is 33.4. The summed E-state index contributed by atoms with van der Waals surface area (Å²) in [5.41, 5.74) is 1.95. The molecule has 2 aromatic carbocycles. The van der Waals surface area contributed by atoms with E-state index in [1.165, 1.54) is 24.3 Å². The SMILES string of the molecule is CCOC(=O)c1ccc(NC(=O)c2cccc(S(=O)(=O)Nc3ccc4c(c3)CCCC4=O)c2)s1. The number of ketones is 1. The molecule has 1 amide bonds. The Morgan fingerprint density at radius 2 is 1.88 bits per heavy atom. The standard InChI is InChI=1S/C24H22N2O6S2/c1-2-32-24(29)21-11-12-22(33-21)25-23(28)16-6-3-7-18(14-16)34(30,31)26-17-9-10-19-15(13-17)5-4-8-20(19)27/h3,6-7,9-14,26H,2,4-5,8H2,1H3,(H,25,28). The Bertz CT molecular complexity index is 1380. The fourth-order valence-electron chi connectivity index (χ4n) is 3.63. The van der Waals surface area contributed by atoms with Gasteiger partial charge < -0.3 is 10.1 Å². The lowest BCUT2D eigenvalue weighted by Crippen LogP contribution is -2.16. The second-order valence-corrected chi connectivity index (χ2v) is 10.4. The molecular weight excluding hydrogens is 476 g/mol. The van der Waals surface area contributed by atoms with E-state index in [2.05, 4.69) is 10.0 Å². The van der Waals surface area contributed by atoms with Gasteiger partial charge in [0.1, 0.15) is 4.88 Å². The molecular formula is C24H22N2O6S2. The minimum absolute atomic E-state index is 0.0643. The predicted molar refractivity (Wildman–Crippen MR) is 129 cm³/mol. The van der Waals surface area contributed by atoms with E-state index in [4.69, 9.17) is 4.74 Å². The molecule has 1 aromatic heterocycles. The Balaban J connectivity index is 1.49. The third kappa shape index (κ3) is 5.18. The number of rotatable bonds is 7. The van der Waals surface area contributed by atoms with E-state index >= 15 is 0 Å². The molecule has 0 bridgehead atoms. The Labute approximate surface area is 201 Å². The maximum absolute atomic E-state index is 12.9. The number of thiophene rings is 1. The first-order valence-corrected chi connectivity index (χ1v) is 12.9. The fourth-order valence-corrected chi connectivity index (χ4v) is 5.52. The molecule has 176 valence electrons. The molecule has 8 nitrogen and oxygen atoms in total. The van der Waals surface area contributed by atoms with Crippen molar-refractivity contribution in [3.8, 4) is 0 Å². The van der Waals surface area contributed by atoms with Gasteiger partial charge >= 0.3 is 5.97 Å². The number of Topliss-reactive ketones (excluding diaryl/α,β-unsaturated/α-hetero) is 1. The Morgan fingerprint density at radius 3 is 2.68 bits per heavy atom. The zero-order chi connectivity index (χ0) is 24.3. The molecule has 0 fully saturated rings. The smallest absolute Gasteiger partial charge is 0.348 e. The monoisotopic (exact) mass is 498 g/mol. The molecule has 3 aromatic rings. The number of carbonyl (C=O) groups is 3. The van der Waals surface area contributed by atoms with Crippen LogP contribution < -0.4 is 10.0 Å². The highest BCUT2D eigenvalue weighted by molar-refractivity contribution is 7.92. The van der Waals surface area contributed by atoms with E-state index in [1.54, 1.807) is 37.3 Å². The minimum Gasteiger partial charge on any atom is -0.462 e. The molecule has 0 spiro atoms. The van der Waals surface area contributed by atoms with Crippen molar-refractivity contribution in [2.45, 2.75) is 31.1 Å². The van der Waals surface area contributed by atoms with Crippen LogP contribution in [0.15, 0.2) is 59.5 Å². The maximum atomic E-state index is 12.9. The highest BCUT2D eigenvalue weighted by Crippen LogP contribution is 2.27. The molecule has 0 saturated heterocycles. The van der Waals surface area contributed by atoms with Crippen molar-refractivity contribution in [2.24, 2.45) is 0 Å². The average molecular weight is 499 g/mol. The van der Waals surface area contributed by atoms with Crippen LogP contribution in [0.25, 0.3) is 0 Å². The third-order valence-electron chi connectivity index (χ3n) is 5.23. The second-order valence-electron chi connectivity index (χ2n) is 7.62. The van der Waals surface area contributed by atoms with Crippen molar-refractivity contribution in [1.82, 2.24) is 0 Å². The van der Waals surface area contributed by atoms with Crippen molar-refractivity contribution in [3.05, 3.63) is 76.2 Å². The number of ether oxygens (including phenoxy) is 1. The number of carbonyl (C=O) groups excluding carboxylic acids is 3. The summed E-state index contributed by atoms with van der Waals surface area (Å²) in [6.07, 6.45) is 1.96. The van der Waals surface area contributed by atoms with Crippen LogP contribution in [0.1, 0.15) is 55.7 Å². The number of fused-ring (bicyclic) bond motifs is 1. The second kappa shape index (κ2) is 9.78. The minimum atomic E-state index is -3.97. The normalized spacial score (nSPS) is 13.1. The van der Waals surface area contributed by atoms with Gasteiger partial charge in [0.05, 0.1) is 16.5 Å². The largest absolute Gasteiger partial charge is 0.462 e. The first-order valence-electron chi connectivity index (χ1n) is 10.6. The number of benzene rings is 2. The van der Waals surface area contributed by atoms with E-state index in [-0.39, 0.29) is 22.8 Å².